The van der Waals surface area contributed by atoms with E-state index in [2.05, 4.69) is 32.6 Å². The third-order valence-corrected chi connectivity index (χ3v) is 5.63. The Kier molecular flexibility index (Phi) is 5.98. The highest BCUT2D eigenvalue weighted by Gasteiger charge is 2.37. The van der Waals surface area contributed by atoms with Gasteiger partial charge < -0.3 is 14.5 Å². The number of ether oxygens (including phenoxy) is 1. The molecule has 1 aromatic heterocycles. The van der Waals surface area contributed by atoms with Gasteiger partial charge in [0, 0.05) is 32.1 Å². The number of hydrogen-bond donors (Lipinski definition) is 0. The molecule has 3 rings (SSSR count). The van der Waals surface area contributed by atoms with E-state index in [9.17, 15) is 15.0 Å². The topological polar surface area (TPSA) is 94.1 Å². The third kappa shape index (κ3) is 4.23. The lowest BCUT2D eigenvalue weighted by Crippen LogP contribution is -2.53. The van der Waals surface area contributed by atoms with Gasteiger partial charge in [-0.05, 0) is 25.8 Å². The standard InChI is InChI=1S/C17H22IN6O3/c1-3-27-17(26)22-8-9-23(14(18)10-22)16-13(21-19)6-7-15(20-16)24(11(2)25)12-4-5-12/h6-7,12,14H,3-5,8-10H2,1-2H3/q+1. The number of aromatic nitrogens is 1. The summed E-state index contributed by atoms with van der Waals surface area (Å²) in [6.45, 7) is 5.12. The fourth-order valence-electron chi connectivity index (χ4n) is 3.15. The number of anilines is 2. The van der Waals surface area contributed by atoms with Gasteiger partial charge in [-0.2, -0.15) is 0 Å². The molecule has 2 fully saturated rings. The Morgan fingerprint density at radius 1 is 1.41 bits per heavy atom. The molecule has 1 unspecified atom stereocenters. The molecule has 1 aliphatic heterocycles. The molecule has 2 amide bonds. The summed E-state index contributed by atoms with van der Waals surface area (Å²) in [5.74, 6) is 1.01. The minimum atomic E-state index is -0.330. The summed E-state index contributed by atoms with van der Waals surface area (Å²) < 4.78 is 5.00. The molecule has 1 saturated carbocycles. The van der Waals surface area contributed by atoms with Crippen molar-refractivity contribution in [3.8, 4) is 0 Å². The van der Waals surface area contributed by atoms with Crippen molar-refractivity contribution in [2.45, 2.75) is 36.8 Å². The highest BCUT2D eigenvalue weighted by molar-refractivity contribution is 14.1. The molecule has 144 valence electrons. The van der Waals surface area contributed by atoms with Crippen LogP contribution in [0.2, 0.25) is 0 Å². The molecule has 1 aromatic rings. The van der Waals surface area contributed by atoms with Crippen LogP contribution in [0.25, 0.3) is 4.98 Å². The van der Waals surface area contributed by atoms with E-state index in [4.69, 9.17) is 4.74 Å². The Morgan fingerprint density at radius 2 is 2.15 bits per heavy atom. The van der Waals surface area contributed by atoms with Gasteiger partial charge in [-0.15, -0.1) is 0 Å². The molecule has 2 aliphatic rings. The Bertz CT molecular complexity index is 778. The van der Waals surface area contributed by atoms with Gasteiger partial charge in [0.15, 0.2) is 4.98 Å². The van der Waals surface area contributed by atoms with E-state index in [1.54, 1.807) is 28.9 Å². The van der Waals surface area contributed by atoms with Gasteiger partial charge in [-0.25, -0.2) is 9.78 Å². The van der Waals surface area contributed by atoms with Crippen molar-refractivity contribution in [2.75, 3.05) is 36.0 Å². The van der Waals surface area contributed by atoms with E-state index in [1.165, 1.54) is 6.92 Å². The average molecular weight is 485 g/mol. The second-order valence-corrected chi connectivity index (χ2v) is 7.94. The van der Waals surface area contributed by atoms with E-state index < -0.39 is 0 Å². The van der Waals surface area contributed by atoms with Crippen LogP contribution in [0.3, 0.4) is 0 Å². The van der Waals surface area contributed by atoms with Gasteiger partial charge in [0.1, 0.15) is 9.87 Å². The SMILES string of the molecule is CCOC(=O)N1CCN(c2nc(N(C(C)=O)C3CC3)ccc2[N+]#N)C(I)C1. The molecule has 9 nitrogen and oxygen atoms in total. The zero-order valence-corrected chi connectivity index (χ0v) is 17.5. The minimum absolute atomic E-state index is 0.0530. The lowest BCUT2D eigenvalue weighted by molar-refractivity contribution is -0.116. The zero-order valence-electron chi connectivity index (χ0n) is 15.3. The maximum Gasteiger partial charge on any atom is 0.427 e. The fourth-order valence-corrected chi connectivity index (χ4v) is 4.17. The second-order valence-electron chi connectivity index (χ2n) is 6.51. The number of carbonyl (C=O) groups is 2. The van der Waals surface area contributed by atoms with Gasteiger partial charge in [0.25, 0.3) is 0 Å². The molecule has 0 bridgehead atoms. The smallest absolute Gasteiger partial charge is 0.427 e. The fraction of sp³-hybridized carbons (Fsp3) is 0.588. The number of rotatable bonds is 4. The van der Waals surface area contributed by atoms with Crippen LogP contribution in [-0.4, -0.2) is 58.2 Å². The highest BCUT2D eigenvalue weighted by atomic mass is 127. The van der Waals surface area contributed by atoms with Crippen LogP contribution in [-0.2, 0) is 9.53 Å². The lowest BCUT2D eigenvalue weighted by Gasteiger charge is -2.38. The predicted octanol–water partition coefficient (Wildman–Crippen LogP) is 3.12. The van der Waals surface area contributed by atoms with Gasteiger partial charge in [0.05, 0.1) is 13.2 Å². The van der Waals surface area contributed by atoms with E-state index in [0.29, 0.717) is 43.6 Å². The van der Waals surface area contributed by atoms with Crippen molar-refractivity contribution >= 4 is 51.9 Å². The first-order chi connectivity index (χ1) is 13.0. The quantitative estimate of drug-likeness (QED) is 0.282. The monoisotopic (exact) mass is 485 g/mol. The van der Waals surface area contributed by atoms with Crippen LogP contribution in [0.1, 0.15) is 26.7 Å². The normalized spacial score (nSPS) is 19.4. The number of carbonyl (C=O) groups excluding carboxylic acids is 2. The Hall–Kier alpha value is -2.16. The molecule has 10 heteroatoms. The van der Waals surface area contributed by atoms with Crippen molar-refractivity contribution in [3.63, 3.8) is 0 Å². The number of pyridine rings is 1. The number of piperazine rings is 1. The number of halogens is 1. The number of hydrogen-bond acceptors (Lipinski definition) is 6. The first kappa shape index (κ1) is 19.6. The summed E-state index contributed by atoms with van der Waals surface area (Å²) in [4.78, 5) is 37.4. The maximum absolute atomic E-state index is 12.1. The zero-order chi connectivity index (χ0) is 19.6. The largest absolute Gasteiger partial charge is 0.450 e. The van der Waals surface area contributed by atoms with Crippen molar-refractivity contribution < 1.29 is 14.3 Å². The summed E-state index contributed by atoms with van der Waals surface area (Å²) in [5.41, 5.74) is 0.337. The summed E-state index contributed by atoms with van der Waals surface area (Å²) in [5, 5.41) is 9.40. The summed E-state index contributed by atoms with van der Waals surface area (Å²) >= 11 is 2.23. The van der Waals surface area contributed by atoms with Crippen LogP contribution in [0.4, 0.5) is 22.1 Å². The molecule has 1 atom stereocenters. The molecule has 1 saturated heterocycles. The third-order valence-electron chi connectivity index (χ3n) is 4.56. The van der Waals surface area contributed by atoms with Gasteiger partial charge in [-0.1, -0.05) is 22.6 Å². The van der Waals surface area contributed by atoms with E-state index >= 15 is 0 Å². The van der Waals surface area contributed by atoms with Crippen LogP contribution in [0, 0.1) is 5.39 Å². The molecule has 0 radical (unpaired) electrons. The van der Waals surface area contributed by atoms with Crippen molar-refractivity contribution in [3.05, 3.63) is 17.1 Å². The molecule has 0 N–H and O–H groups in total. The van der Waals surface area contributed by atoms with Crippen LogP contribution >= 0.6 is 22.6 Å². The molecular formula is C17H22IN6O3+. The Balaban J connectivity index is 1.85. The predicted molar refractivity (Wildman–Crippen MR) is 109 cm³/mol. The van der Waals surface area contributed by atoms with Crippen molar-refractivity contribution in [1.82, 2.24) is 9.88 Å². The lowest BCUT2D eigenvalue weighted by atomic mass is 10.2. The first-order valence-electron chi connectivity index (χ1n) is 8.94. The van der Waals surface area contributed by atoms with Crippen LogP contribution in [0.5, 0.6) is 0 Å². The van der Waals surface area contributed by atoms with Gasteiger partial charge in [0.2, 0.25) is 17.1 Å². The molecule has 0 spiro atoms. The number of alkyl halides is 1. The minimum Gasteiger partial charge on any atom is -0.450 e. The Labute approximate surface area is 171 Å². The average Bonchev–Trinajstić information content (AvgIpc) is 3.46. The molecule has 1 aliphatic carbocycles. The second kappa shape index (κ2) is 8.24. The number of nitrogens with zero attached hydrogens (tertiary/aromatic N) is 6. The van der Waals surface area contributed by atoms with E-state index in [1.807, 2.05) is 4.90 Å². The summed E-state index contributed by atoms with van der Waals surface area (Å²) in [6.07, 6.45) is 1.61. The maximum atomic E-state index is 12.1. The van der Waals surface area contributed by atoms with Crippen LogP contribution in [0.15, 0.2) is 12.1 Å². The van der Waals surface area contributed by atoms with Crippen LogP contribution < -0.4 is 9.80 Å². The van der Waals surface area contributed by atoms with Gasteiger partial charge >= 0.3 is 11.8 Å². The van der Waals surface area contributed by atoms with Gasteiger partial charge in [-0.3, -0.25) is 9.69 Å². The number of amides is 2. The highest BCUT2D eigenvalue weighted by Crippen LogP contribution is 2.36. The molecule has 2 heterocycles. The molecule has 27 heavy (non-hydrogen) atoms. The van der Waals surface area contributed by atoms with Crippen molar-refractivity contribution in [1.29, 1.82) is 5.39 Å². The molecular weight excluding hydrogens is 463 g/mol. The molecule has 0 aromatic carbocycles. The van der Waals surface area contributed by atoms with Crippen molar-refractivity contribution in [2.24, 2.45) is 0 Å². The summed E-state index contributed by atoms with van der Waals surface area (Å²) in [7, 11) is 0. The number of diazo groups is 1. The van der Waals surface area contributed by atoms with E-state index in [-0.39, 0.29) is 22.1 Å². The Morgan fingerprint density at radius 3 is 2.70 bits per heavy atom. The summed E-state index contributed by atoms with van der Waals surface area (Å²) in [6, 6.07) is 3.56. The van der Waals surface area contributed by atoms with E-state index in [0.717, 1.165) is 12.8 Å². The first-order valence-corrected chi connectivity index (χ1v) is 10.2.